The minimum absolute atomic E-state index is 0.0852. The Morgan fingerprint density at radius 3 is 2.43 bits per heavy atom. The monoisotopic (exact) mass is 307 g/mol. The molecule has 7 heteroatoms. The molecule has 0 saturated carbocycles. The number of anilines is 1. The Morgan fingerprint density at radius 1 is 1.05 bits per heavy atom. The molecule has 2 aromatic rings. The molecule has 0 aliphatic heterocycles. The molecule has 2 rings (SSSR count). The van der Waals surface area contributed by atoms with Gasteiger partial charge in [-0.05, 0) is 36.4 Å². The fraction of sp³-hybridized carbons (Fsp3) is 0. The number of hydrogen-bond acceptors (Lipinski definition) is 4. The van der Waals surface area contributed by atoms with E-state index in [-0.39, 0.29) is 33.3 Å². The van der Waals surface area contributed by atoms with Gasteiger partial charge in [-0.1, -0.05) is 11.6 Å². The van der Waals surface area contributed by atoms with Gasteiger partial charge in [-0.2, -0.15) is 0 Å². The number of phenolic OH excluding ortho intramolecular Hbond substituents is 2. The van der Waals surface area contributed by atoms with Crippen LogP contribution in [0.5, 0.6) is 11.5 Å². The number of carbonyl (C=O) groups is 2. The third-order valence-electron chi connectivity index (χ3n) is 2.63. The van der Waals surface area contributed by atoms with E-state index in [0.717, 1.165) is 6.07 Å². The lowest BCUT2D eigenvalue weighted by atomic mass is 10.1. The van der Waals surface area contributed by atoms with E-state index in [9.17, 15) is 19.8 Å². The van der Waals surface area contributed by atoms with E-state index >= 15 is 0 Å². The van der Waals surface area contributed by atoms with Crippen LogP contribution in [-0.2, 0) is 0 Å². The van der Waals surface area contributed by atoms with Gasteiger partial charge in [0.1, 0.15) is 11.5 Å². The van der Waals surface area contributed by atoms with Crippen LogP contribution in [0.25, 0.3) is 0 Å². The summed E-state index contributed by atoms with van der Waals surface area (Å²) in [5, 5.41) is 30.4. The zero-order valence-electron chi connectivity index (χ0n) is 10.5. The molecule has 6 nitrogen and oxygen atoms in total. The summed E-state index contributed by atoms with van der Waals surface area (Å²) >= 11 is 5.78. The number of phenols is 2. The average Bonchev–Trinajstić information content (AvgIpc) is 2.40. The van der Waals surface area contributed by atoms with E-state index in [1.807, 2.05) is 0 Å². The van der Waals surface area contributed by atoms with Gasteiger partial charge in [-0.3, -0.25) is 4.79 Å². The van der Waals surface area contributed by atoms with Crippen molar-refractivity contribution in [1.29, 1.82) is 0 Å². The van der Waals surface area contributed by atoms with E-state index in [2.05, 4.69) is 5.32 Å². The van der Waals surface area contributed by atoms with E-state index in [0.29, 0.717) is 0 Å². The fourth-order valence-corrected chi connectivity index (χ4v) is 1.92. The molecule has 0 aromatic heterocycles. The summed E-state index contributed by atoms with van der Waals surface area (Å²) in [6, 6.07) is 7.33. The minimum atomic E-state index is -1.19. The number of carboxylic acid groups (broad SMARTS) is 1. The fourth-order valence-electron chi connectivity index (χ4n) is 1.69. The number of carbonyl (C=O) groups excluding carboxylic acids is 1. The van der Waals surface area contributed by atoms with Crippen molar-refractivity contribution in [3.8, 4) is 11.5 Å². The van der Waals surface area contributed by atoms with Crippen molar-refractivity contribution in [2.24, 2.45) is 0 Å². The molecule has 4 N–H and O–H groups in total. The third kappa shape index (κ3) is 3.43. The second-order valence-electron chi connectivity index (χ2n) is 4.19. The number of amides is 1. The second-order valence-corrected chi connectivity index (χ2v) is 4.63. The first-order valence-corrected chi connectivity index (χ1v) is 6.12. The molecule has 0 unspecified atom stereocenters. The normalized spacial score (nSPS) is 10.1. The molecule has 1 amide bonds. The van der Waals surface area contributed by atoms with Gasteiger partial charge >= 0.3 is 5.97 Å². The van der Waals surface area contributed by atoms with Gasteiger partial charge < -0.3 is 20.6 Å². The zero-order valence-corrected chi connectivity index (χ0v) is 11.3. The SMILES string of the molecule is O=C(O)c1cc(Cl)cc(NC(=O)c2cc(O)ccc2O)c1. The summed E-state index contributed by atoms with van der Waals surface area (Å²) in [6.45, 7) is 0. The van der Waals surface area contributed by atoms with Crippen LogP contribution in [0.3, 0.4) is 0 Å². The first-order valence-electron chi connectivity index (χ1n) is 5.74. The standard InChI is InChI=1S/C14H10ClNO5/c15-8-3-7(14(20)21)4-9(5-8)16-13(19)11-6-10(17)1-2-12(11)18/h1-6,17-18H,(H,16,19)(H,20,21). The summed E-state index contributed by atoms with van der Waals surface area (Å²) in [6.07, 6.45) is 0. The molecule has 0 aliphatic carbocycles. The Labute approximate surface area is 124 Å². The molecule has 0 spiro atoms. The van der Waals surface area contributed by atoms with Crippen molar-refractivity contribution >= 4 is 29.2 Å². The highest BCUT2D eigenvalue weighted by atomic mass is 35.5. The zero-order chi connectivity index (χ0) is 15.6. The molecule has 108 valence electrons. The van der Waals surface area contributed by atoms with Crippen molar-refractivity contribution < 1.29 is 24.9 Å². The topological polar surface area (TPSA) is 107 Å². The predicted octanol–water partition coefficient (Wildman–Crippen LogP) is 2.70. The predicted molar refractivity (Wildman–Crippen MR) is 76.1 cm³/mol. The van der Waals surface area contributed by atoms with Gasteiger partial charge in [-0.15, -0.1) is 0 Å². The van der Waals surface area contributed by atoms with E-state index in [1.54, 1.807) is 0 Å². The highest BCUT2D eigenvalue weighted by Gasteiger charge is 2.14. The molecule has 0 bridgehead atoms. The number of hydrogen-bond donors (Lipinski definition) is 4. The number of carboxylic acids is 1. The Morgan fingerprint density at radius 2 is 1.76 bits per heavy atom. The van der Waals surface area contributed by atoms with Crippen LogP contribution in [0.1, 0.15) is 20.7 Å². The maximum absolute atomic E-state index is 12.0. The Bertz CT molecular complexity index is 729. The van der Waals surface area contributed by atoms with E-state index in [4.69, 9.17) is 16.7 Å². The summed E-state index contributed by atoms with van der Waals surface area (Å²) in [5.74, 6) is -2.39. The van der Waals surface area contributed by atoms with Gasteiger partial charge in [0, 0.05) is 10.7 Å². The molecule has 0 aliphatic rings. The first kappa shape index (κ1) is 14.7. The van der Waals surface area contributed by atoms with Gasteiger partial charge in [0.05, 0.1) is 11.1 Å². The smallest absolute Gasteiger partial charge is 0.335 e. The van der Waals surface area contributed by atoms with Gasteiger partial charge in [0.25, 0.3) is 5.91 Å². The van der Waals surface area contributed by atoms with Crippen LogP contribution >= 0.6 is 11.6 Å². The summed E-state index contributed by atoms with van der Waals surface area (Å²) in [7, 11) is 0. The maximum atomic E-state index is 12.0. The van der Waals surface area contributed by atoms with Crippen LogP contribution < -0.4 is 5.32 Å². The quantitative estimate of drug-likeness (QED) is 0.652. The average molecular weight is 308 g/mol. The highest BCUT2D eigenvalue weighted by Crippen LogP contribution is 2.24. The Balaban J connectivity index is 2.31. The minimum Gasteiger partial charge on any atom is -0.508 e. The maximum Gasteiger partial charge on any atom is 0.335 e. The number of aromatic carboxylic acids is 1. The van der Waals surface area contributed by atoms with E-state index < -0.39 is 11.9 Å². The Hall–Kier alpha value is -2.73. The summed E-state index contributed by atoms with van der Waals surface area (Å²) in [4.78, 5) is 22.9. The van der Waals surface area contributed by atoms with Crippen LogP contribution in [-0.4, -0.2) is 27.2 Å². The van der Waals surface area contributed by atoms with Gasteiger partial charge in [0.2, 0.25) is 0 Å². The largest absolute Gasteiger partial charge is 0.508 e. The molecular weight excluding hydrogens is 298 g/mol. The second kappa shape index (κ2) is 5.72. The lowest BCUT2D eigenvalue weighted by Gasteiger charge is -2.08. The van der Waals surface area contributed by atoms with Crippen molar-refractivity contribution in [3.05, 3.63) is 52.5 Å². The van der Waals surface area contributed by atoms with Crippen molar-refractivity contribution in [3.63, 3.8) is 0 Å². The number of rotatable bonds is 3. The van der Waals surface area contributed by atoms with Crippen LogP contribution in [0, 0.1) is 0 Å². The Kier molecular flexibility index (Phi) is 4.00. The third-order valence-corrected chi connectivity index (χ3v) is 2.85. The molecule has 21 heavy (non-hydrogen) atoms. The molecule has 0 atom stereocenters. The lowest BCUT2D eigenvalue weighted by molar-refractivity contribution is 0.0696. The number of benzene rings is 2. The van der Waals surface area contributed by atoms with Crippen LogP contribution in [0.15, 0.2) is 36.4 Å². The molecular formula is C14H10ClNO5. The van der Waals surface area contributed by atoms with Crippen LogP contribution in [0.2, 0.25) is 5.02 Å². The first-order chi connectivity index (χ1) is 9.86. The molecule has 0 radical (unpaired) electrons. The number of aromatic hydroxyl groups is 2. The highest BCUT2D eigenvalue weighted by molar-refractivity contribution is 6.31. The van der Waals surface area contributed by atoms with Crippen molar-refractivity contribution in [2.45, 2.75) is 0 Å². The van der Waals surface area contributed by atoms with Crippen molar-refractivity contribution in [2.75, 3.05) is 5.32 Å². The summed E-state index contributed by atoms with van der Waals surface area (Å²) in [5.41, 5.74) is -0.0718. The number of nitrogens with one attached hydrogen (secondary N) is 1. The van der Waals surface area contributed by atoms with Gasteiger partial charge in [0.15, 0.2) is 0 Å². The lowest BCUT2D eigenvalue weighted by Crippen LogP contribution is -2.12. The van der Waals surface area contributed by atoms with Gasteiger partial charge in [-0.25, -0.2) is 4.79 Å². The molecule has 0 saturated heterocycles. The molecule has 0 fully saturated rings. The molecule has 0 heterocycles. The van der Waals surface area contributed by atoms with Crippen LogP contribution in [0.4, 0.5) is 5.69 Å². The van der Waals surface area contributed by atoms with Crippen molar-refractivity contribution in [1.82, 2.24) is 0 Å². The summed E-state index contributed by atoms with van der Waals surface area (Å²) < 4.78 is 0. The van der Waals surface area contributed by atoms with E-state index in [1.165, 1.54) is 30.3 Å². The molecule has 2 aromatic carbocycles. The number of halogens is 1.